The van der Waals surface area contributed by atoms with Crippen molar-refractivity contribution in [3.8, 4) is 11.8 Å². The van der Waals surface area contributed by atoms with Gasteiger partial charge >= 0.3 is 0 Å². The molecule has 28 heavy (non-hydrogen) atoms. The number of carbonyl (C=O) groups is 1. The summed E-state index contributed by atoms with van der Waals surface area (Å²) in [7, 11) is 1.63. The van der Waals surface area contributed by atoms with Gasteiger partial charge in [0.25, 0.3) is 5.91 Å². The minimum Gasteiger partial charge on any atom is -0.497 e. The van der Waals surface area contributed by atoms with Crippen molar-refractivity contribution in [3.05, 3.63) is 41.6 Å². The highest BCUT2D eigenvalue weighted by Gasteiger charge is 2.37. The molecule has 6 heteroatoms. The van der Waals surface area contributed by atoms with Crippen LogP contribution in [0.1, 0.15) is 46.1 Å². The van der Waals surface area contributed by atoms with Crippen molar-refractivity contribution >= 4 is 5.91 Å². The Morgan fingerprint density at radius 2 is 1.86 bits per heavy atom. The summed E-state index contributed by atoms with van der Waals surface area (Å²) < 4.78 is 5.14. The minimum atomic E-state index is -0.351. The quantitative estimate of drug-likeness (QED) is 0.497. The highest BCUT2D eigenvalue weighted by Crippen LogP contribution is 2.28. The van der Waals surface area contributed by atoms with Gasteiger partial charge in [0.15, 0.2) is 0 Å². The lowest BCUT2D eigenvalue weighted by molar-refractivity contribution is -0.117. The number of rotatable bonds is 7. The standard InChI is InChI=1S/C22H32N4O2/c1-21(2)12-18(13-22(3,4)26-21)25-15-17(14-23)20(27)24-11-10-16-6-8-19(28-5)9-7-16/h6-9,15,18,25-26H,10-13H2,1-5H3,(H,24,27)/b17-15-. The van der Waals surface area contributed by atoms with Crippen molar-refractivity contribution in [3.63, 3.8) is 0 Å². The molecule has 1 fully saturated rings. The SMILES string of the molecule is COc1ccc(CCNC(=O)/C(C#N)=C\NC2CC(C)(C)NC(C)(C)C2)cc1. The first kappa shape index (κ1) is 21.8. The van der Waals surface area contributed by atoms with Gasteiger partial charge in [0.2, 0.25) is 0 Å². The van der Waals surface area contributed by atoms with Gasteiger partial charge in [-0.15, -0.1) is 0 Å². The number of hydrogen-bond donors (Lipinski definition) is 3. The van der Waals surface area contributed by atoms with E-state index in [1.807, 2.05) is 30.3 Å². The van der Waals surface area contributed by atoms with Crippen LogP contribution in [0.4, 0.5) is 0 Å². The zero-order chi connectivity index (χ0) is 20.8. The van der Waals surface area contributed by atoms with Crippen LogP contribution in [0, 0.1) is 11.3 Å². The molecule has 152 valence electrons. The fourth-order valence-electron chi connectivity index (χ4n) is 4.00. The van der Waals surface area contributed by atoms with Gasteiger partial charge < -0.3 is 20.7 Å². The summed E-state index contributed by atoms with van der Waals surface area (Å²) in [6.07, 6.45) is 4.10. The topological polar surface area (TPSA) is 86.2 Å². The molecule has 0 atom stereocenters. The van der Waals surface area contributed by atoms with E-state index < -0.39 is 0 Å². The van der Waals surface area contributed by atoms with Gasteiger partial charge in [0, 0.05) is 29.9 Å². The Kier molecular flexibility index (Phi) is 7.09. The Balaban J connectivity index is 1.87. The van der Waals surface area contributed by atoms with Gasteiger partial charge in [-0.25, -0.2) is 0 Å². The van der Waals surface area contributed by atoms with Crippen LogP contribution in [-0.2, 0) is 11.2 Å². The van der Waals surface area contributed by atoms with Gasteiger partial charge in [0.1, 0.15) is 17.4 Å². The summed E-state index contributed by atoms with van der Waals surface area (Å²) in [5, 5.41) is 19.1. The number of nitriles is 1. The van der Waals surface area contributed by atoms with Crippen molar-refractivity contribution in [2.75, 3.05) is 13.7 Å². The summed E-state index contributed by atoms with van der Waals surface area (Å²) in [5.41, 5.74) is 1.20. The summed E-state index contributed by atoms with van der Waals surface area (Å²) in [5.74, 6) is 0.453. The molecule has 0 aliphatic carbocycles. The lowest BCUT2D eigenvalue weighted by Crippen LogP contribution is -2.61. The molecule has 1 aromatic carbocycles. The summed E-state index contributed by atoms with van der Waals surface area (Å²) in [6, 6.07) is 9.93. The van der Waals surface area contributed by atoms with Crippen LogP contribution in [0.3, 0.4) is 0 Å². The number of carbonyl (C=O) groups excluding carboxylic acids is 1. The zero-order valence-electron chi connectivity index (χ0n) is 17.6. The Labute approximate surface area is 168 Å². The molecule has 1 amide bonds. The lowest BCUT2D eigenvalue weighted by atomic mass is 9.80. The molecule has 0 bridgehead atoms. The minimum absolute atomic E-state index is 0.000681. The molecule has 3 N–H and O–H groups in total. The number of nitrogens with zero attached hydrogens (tertiary/aromatic N) is 1. The van der Waals surface area contributed by atoms with Crippen LogP contribution < -0.4 is 20.7 Å². The molecular formula is C22H32N4O2. The van der Waals surface area contributed by atoms with E-state index in [0.29, 0.717) is 13.0 Å². The maximum atomic E-state index is 12.3. The molecule has 0 spiro atoms. The van der Waals surface area contributed by atoms with Crippen molar-refractivity contribution in [1.29, 1.82) is 5.26 Å². The van der Waals surface area contributed by atoms with Crippen molar-refractivity contribution in [1.82, 2.24) is 16.0 Å². The van der Waals surface area contributed by atoms with Crippen molar-refractivity contribution in [2.45, 2.75) is 64.1 Å². The van der Waals surface area contributed by atoms with E-state index in [-0.39, 0.29) is 28.6 Å². The fourth-order valence-corrected chi connectivity index (χ4v) is 4.00. The highest BCUT2D eigenvalue weighted by atomic mass is 16.5. The Bertz CT molecular complexity index is 729. The van der Waals surface area contributed by atoms with E-state index in [0.717, 1.165) is 24.2 Å². The average molecular weight is 385 g/mol. The monoisotopic (exact) mass is 384 g/mol. The third-order valence-electron chi connectivity index (χ3n) is 4.88. The summed E-state index contributed by atoms with van der Waals surface area (Å²) in [6.45, 7) is 9.15. The third kappa shape index (κ3) is 6.58. The van der Waals surface area contributed by atoms with Crippen LogP contribution in [0.25, 0.3) is 0 Å². The summed E-state index contributed by atoms with van der Waals surface area (Å²) >= 11 is 0. The molecule has 0 aromatic heterocycles. The molecule has 1 aliphatic heterocycles. The molecule has 1 saturated heterocycles. The second kappa shape index (κ2) is 9.11. The predicted octanol–water partition coefficient (Wildman–Crippen LogP) is 2.66. The van der Waals surface area contributed by atoms with E-state index in [4.69, 9.17) is 4.74 Å². The van der Waals surface area contributed by atoms with Crippen LogP contribution >= 0.6 is 0 Å². The highest BCUT2D eigenvalue weighted by molar-refractivity contribution is 5.97. The maximum Gasteiger partial charge on any atom is 0.263 e. The first-order valence-electron chi connectivity index (χ1n) is 9.71. The fraction of sp³-hybridized carbons (Fsp3) is 0.545. The molecular weight excluding hydrogens is 352 g/mol. The van der Waals surface area contributed by atoms with Crippen LogP contribution in [0.2, 0.25) is 0 Å². The second-order valence-corrected chi connectivity index (χ2v) is 8.69. The predicted molar refractivity (Wildman–Crippen MR) is 111 cm³/mol. The molecule has 1 heterocycles. The number of benzene rings is 1. The van der Waals surface area contributed by atoms with Gasteiger partial charge in [-0.05, 0) is 64.7 Å². The molecule has 2 rings (SSSR count). The summed E-state index contributed by atoms with van der Waals surface area (Å²) in [4.78, 5) is 12.3. The molecule has 1 aliphatic rings. The zero-order valence-corrected chi connectivity index (χ0v) is 17.6. The average Bonchev–Trinajstić information content (AvgIpc) is 2.60. The normalized spacial score (nSPS) is 18.8. The molecule has 0 radical (unpaired) electrons. The van der Waals surface area contributed by atoms with Crippen LogP contribution in [0.5, 0.6) is 5.75 Å². The lowest BCUT2D eigenvalue weighted by Gasteiger charge is -2.46. The van der Waals surface area contributed by atoms with E-state index in [9.17, 15) is 10.1 Å². The number of methoxy groups -OCH3 is 1. The van der Waals surface area contributed by atoms with Crippen molar-refractivity contribution < 1.29 is 9.53 Å². The van der Waals surface area contributed by atoms with Gasteiger partial charge in [-0.3, -0.25) is 4.79 Å². The van der Waals surface area contributed by atoms with Crippen molar-refractivity contribution in [2.24, 2.45) is 0 Å². The number of amides is 1. The number of piperidine rings is 1. The molecule has 1 aromatic rings. The Morgan fingerprint density at radius 3 is 2.39 bits per heavy atom. The number of hydrogen-bond acceptors (Lipinski definition) is 5. The Hall–Kier alpha value is -2.52. The van der Waals surface area contributed by atoms with E-state index in [1.165, 1.54) is 0 Å². The maximum absolute atomic E-state index is 12.3. The molecule has 0 unspecified atom stereocenters. The first-order chi connectivity index (χ1) is 13.1. The molecule has 0 saturated carbocycles. The Morgan fingerprint density at radius 1 is 1.25 bits per heavy atom. The number of nitrogens with one attached hydrogen (secondary N) is 3. The smallest absolute Gasteiger partial charge is 0.263 e. The van der Waals surface area contributed by atoms with E-state index >= 15 is 0 Å². The second-order valence-electron chi connectivity index (χ2n) is 8.69. The number of ether oxygens (including phenoxy) is 1. The largest absolute Gasteiger partial charge is 0.497 e. The van der Waals surface area contributed by atoms with Crippen LogP contribution in [0.15, 0.2) is 36.0 Å². The third-order valence-corrected chi connectivity index (χ3v) is 4.88. The van der Waals surface area contributed by atoms with Crippen LogP contribution in [-0.4, -0.2) is 36.7 Å². The van der Waals surface area contributed by atoms with E-state index in [2.05, 4.69) is 43.6 Å². The van der Waals surface area contributed by atoms with Gasteiger partial charge in [-0.2, -0.15) is 5.26 Å². The molecule has 6 nitrogen and oxygen atoms in total. The van der Waals surface area contributed by atoms with Gasteiger partial charge in [0.05, 0.1) is 7.11 Å². The van der Waals surface area contributed by atoms with E-state index in [1.54, 1.807) is 13.3 Å². The van der Waals surface area contributed by atoms with Gasteiger partial charge in [-0.1, -0.05) is 12.1 Å². The first-order valence-corrected chi connectivity index (χ1v) is 9.71.